The highest BCUT2D eigenvalue weighted by atomic mass is 16.7. The van der Waals surface area contributed by atoms with Crippen LogP contribution in [0, 0.1) is 0 Å². The van der Waals surface area contributed by atoms with Gasteiger partial charge in [0.05, 0.1) is 5.56 Å². The number of rotatable bonds is 6. The van der Waals surface area contributed by atoms with Crippen molar-refractivity contribution in [3.05, 3.63) is 120 Å². The van der Waals surface area contributed by atoms with Gasteiger partial charge in [-0.25, -0.2) is 4.79 Å². The Morgan fingerprint density at radius 2 is 1.44 bits per heavy atom. The maximum Gasteiger partial charge on any atom is 0.343 e. The quantitative estimate of drug-likeness (QED) is 0.152. The average Bonchev–Trinajstić information content (AvgIpc) is 3.36. The zero-order valence-electron chi connectivity index (χ0n) is 18.1. The van der Waals surface area contributed by atoms with Crippen LogP contribution in [-0.2, 0) is 0 Å². The van der Waals surface area contributed by atoms with Crippen LogP contribution in [0.25, 0.3) is 17.2 Å². The lowest BCUT2D eigenvalue weighted by Gasteiger charge is -2.06. The Morgan fingerprint density at radius 3 is 2.26 bits per heavy atom. The maximum absolute atomic E-state index is 12.6. The van der Waals surface area contributed by atoms with Gasteiger partial charge in [0, 0.05) is 5.56 Å². The molecule has 4 aromatic rings. The lowest BCUT2D eigenvalue weighted by atomic mass is 10.0. The molecule has 0 atom stereocenters. The average molecular weight is 448 g/mol. The number of hydrogen-bond acceptors (Lipinski definition) is 5. The Hall–Kier alpha value is -4.64. The van der Waals surface area contributed by atoms with Crippen LogP contribution in [-0.4, -0.2) is 18.5 Å². The van der Waals surface area contributed by atoms with Crippen molar-refractivity contribution in [2.24, 2.45) is 0 Å². The van der Waals surface area contributed by atoms with Gasteiger partial charge in [-0.15, -0.1) is 0 Å². The van der Waals surface area contributed by atoms with Gasteiger partial charge in [-0.05, 0) is 53.1 Å². The Kier molecular flexibility index (Phi) is 5.91. The van der Waals surface area contributed by atoms with Crippen LogP contribution < -0.4 is 14.2 Å². The SMILES string of the molecule is O=C(/C=C/c1cccc(OC(=O)c2ccc3c(c2)OCO3)c1)c1ccc(-c2ccccc2)cc1. The molecule has 0 unspecified atom stereocenters. The molecule has 1 heterocycles. The number of allylic oxidation sites excluding steroid dienone is 1. The normalized spacial score (nSPS) is 12.0. The summed E-state index contributed by atoms with van der Waals surface area (Å²) in [6, 6.07) is 29.4. The molecule has 0 aliphatic carbocycles. The fourth-order valence-corrected chi connectivity index (χ4v) is 3.60. The van der Waals surface area contributed by atoms with Gasteiger partial charge in [0.15, 0.2) is 17.3 Å². The molecule has 0 bridgehead atoms. The minimum Gasteiger partial charge on any atom is -0.454 e. The third-order valence-corrected chi connectivity index (χ3v) is 5.38. The second-order valence-electron chi connectivity index (χ2n) is 7.67. The molecule has 4 aromatic carbocycles. The van der Waals surface area contributed by atoms with Gasteiger partial charge in [-0.3, -0.25) is 4.79 Å². The number of esters is 1. The molecule has 0 saturated heterocycles. The number of ether oxygens (including phenoxy) is 3. The van der Waals surface area contributed by atoms with Gasteiger partial charge >= 0.3 is 5.97 Å². The molecular formula is C29H20O5. The number of benzene rings is 4. The molecule has 0 amide bonds. The third kappa shape index (κ3) is 4.74. The summed E-state index contributed by atoms with van der Waals surface area (Å²) in [6.45, 7) is 0.137. The smallest absolute Gasteiger partial charge is 0.343 e. The van der Waals surface area contributed by atoms with Crippen molar-refractivity contribution in [3.63, 3.8) is 0 Å². The molecule has 166 valence electrons. The molecule has 5 rings (SSSR count). The van der Waals surface area contributed by atoms with Crippen LogP contribution in [0.3, 0.4) is 0 Å². The largest absolute Gasteiger partial charge is 0.454 e. The summed E-state index contributed by atoms with van der Waals surface area (Å²) in [5.41, 5.74) is 3.85. The summed E-state index contributed by atoms with van der Waals surface area (Å²) in [5.74, 6) is 0.880. The first-order valence-electron chi connectivity index (χ1n) is 10.8. The fourth-order valence-electron chi connectivity index (χ4n) is 3.60. The maximum atomic E-state index is 12.6. The monoisotopic (exact) mass is 448 g/mol. The van der Waals surface area contributed by atoms with E-state index in [0.717, 1.165) is 16.7 Å². The van der Waals surface area contributed by atoms with Crippen LogP contribution in [0.15, 0.2) is 103 Å². The number of hydrogen-bond donors (Lipinski definition) is 0. The van der Waals surface area contributed by atoms with Crippen molar-refractivity contribution >= 4 is 17.8 Å². The summed E-state index contributed by atoms with van der Waals surface area (Å²) >= 11 is 0. The molecule has 0 fully saturated rings. The minimum absolute atomic E-state index is 0.109. The number of carbonyl (C=O) groups excluding carboxylic acids is 2. The summed E-state index contributed by atoms with van der Waals surface area (Å²) < 4.78 is 16.1. The van der Waals surface area contributed by atoms with E-state index in [4.69, 9.17) is 14.2 Å². The molecule has 0 saturated carbocycles. The molecule has 0 aromatic heterocycles. The zero-order valence-corrected chi connectivity index (χ0v) is 18.1. The van der Waals surface area contributed by atoms with E-state index in [1.807, 2.05) is 60.7 Å². The van der Waals surface area contributed by atoms with Crippen molar-refractivity contribution < 1.29 is 23.8 Å². The highest BCUT2D eigenvalue weighted by molar-refractivity contribution is 6.07. The standard InChI is InChI=1S/C29H20O5/c30-26(23-12-10-22(11-13-23)21-6-2-1-3-7-21)15-9-20-5-4-8-25(17-20)34-29(31)24-14-16-27-28(18-24)33-19-32-27/h1-18H,19H2/b15-9+. The van der Waals surface area contributed by atoms with Gasteiger partial charge in [-0.2, -0.15) is 0 Å². The van der Waals surface area contributed by atoms with E-state index in [9.17, 15) is 9.59 Å². The van der Waals surface area contributed by atoms with E-state index in [0.29, 0.717) is 28.4 Å². The lowest BCUT2D eigenvalue weighted by Crippen LogP contribution is -2.08. The van der Waals surface area contributed by atoms with Crippen LogP contribution in [0.5, 0.6) is 17.2 Å². The van der Waals surface area contributed by atoms with Crippen molar-refractivity contribution in [3.8, 4) is 28.4 Å². The minimum atomic E-state index is -0.506. The van der Waals surface area contributed by atoms with E-state index in [1.54, 1.807) is 42.5 Å². The molecule has 5 heteroatoms. The van der Waals surface area contributed by atoms with Gasteiger partial charge < -0.3 is 14.2 Å². The number of carbonyl (C=O) groups is 2. The van der Waals surface area contributed by atoms with E-state index in [-0.39, 0.29) is 12.6 Å². The van der Waals surface area contributed by atoms with Gasteiger partial charge in [0.1, 0.15) is 5.75 Å². The zero-order chi connectivity index (χ0) is 23.3. The second kappa shape index (κ2) is 9.46. The first-order valence-corrected chi connectivity index (χ1v) is 10.8. The molecular weight excluding hydrogens is 428 g/mol. The molecule has 0 spiro atoms. The Labute approximate surface area is 196 Å². The van der Waals surface area contributed by atoms with Gasteiger partial charge in [-0.1, -0.05) is 72.8 Å². The van der Waals surface area contributed by atoms with Crippen molar-refractivity contribution in [2.45, 2.75) is 0 Å². The highest BCUT2D eigenvalue weighted by Crippen LogP contribution is 2.32. The Bertz CT molecular complexity index is 1370. The molecule has 5 nitrogen and oxygen atoms in total. The summed E-state index contributed by atoms with van der Waals surface area (Å²) in [4.78, 5) is 25.1. The van der Waals surface area contributed by atoms with E-state index < -0.39 is 5.97 Å². The highest BCUT2D eigenvalue weighted by Gasteiger charge is 2.17. The Balaban J connectivity index is 1.25. The Morgan fingerprint density at radius 1 is 0.706 bits per heavy atom. The number of fused-ring (bicyclic) bond motifs is 1. The van der Waals surface area contributed by atoms with E-state index in [1.165, 1.54) is 6.08 Å². The van der Waals surface area contributed by atoms with E-state index in [2.05, 4.69) is 0 Å². The van der Waals surface area contributed by atoms with Crippen LogP contribution in [0.2, 0.25) is 0 Å². The van der Waals surface area contributed by atoms with Crippen molar-refractivity contribution in [2.75, 3.05) is 6.79 Å². The summed E-state index contributed by atoms with van der Waals surface area (Å²) in [5, 5.41) is 0. The van der Waals surface area contributed by atoms with Crippen molar-refractivity contribution in [1.29, 1.82) is 0 Å². The third-order valence-electron chi connectivity index (χ3n) is 5.38. The van der Waals surface area contributed by atoms with Crippen LogP contribution in [0.1, 0.15) is 26.3 Å². The summed E-state index contributed by atoms with van der Waals surface area (Å²) in [6.07, 6.45) is 3.21. The van der Waals surface area contributed by atoms with Gasteiger partial charge in [0.25, 0.3) is 0 Å². The summed E-state index contributed by atoms with van der Waals surface area (Å²) in [7, 11) is 0. The molecule has 34 heavy (non-hydrogen) atoms. The molecule has 0 radical (unpaired) electrons. The van der Waals surface area contributed by atoms with Crippen molar-refractivity contribution in [1.82, 2.24) is 0 Å². The lowest BCUT2D eigenvalue weighted by molar-refractivity contribution is 0.0734. The first kappa shape index (κ1) is 21.2. The molecule has 0 N–H and O–H groups in total. The van der Waals surface area contributed by atoms with Crippen LogP contribution in [0.4, 0.5) is 0 Å². The topological polar surface area (TPSA) is 61.8 Å². The van der Waals surface area contributed by atoms with Crippen LogP contribution >= 0.6 is 0 Å². The predicted octanol–water partition coefficient (Wildman–Crippen LogP) is 6.20. The van der Waals surface area contributed by atoms with Gasteiger partial charge in [0.2, 0.25) is 6.79 Å². The predicted molar refractivity (Wildman–Crippen MR) is 129 cm³/mol. The molecule has 1 aliphatic heterocycles. The number of ketones is 1. The second-order valence-corrected chi connectivity index (χ2v) is 7.67. The first-order chi connectivity index (χ1) is 16.7. The molecule has 1 aliphatic rings. The van der Waals surface area contributed by atoms with E-state index >= 15 is 0 Å². The fraction of sp³-hybridized carbons (Fsp3) is 0.0345.